The van der Waals surface area contributed by atoms with E-state index in [0.717, 1.165) is 5.69 Å². The molecule has 0 unspecified atom stereocenters. The molecule has 2 amide bonds. The molecule has 3 N–H and O–H groups in total. The number of nitrogens with one attached hydrogen (secondary N) is 2. The number of carbonyl (C=O) groups excluding carboxylic acids is 3. The lowest BCUT2D eigenvalue weighted by atomic mass is 10.0. The third-order valence-corrected chi connectivity index (χ3v) is 6.11. The van der Waals surface area contributed by atoms with Gasteiger partial charge in [0.05, 0.1) is 43.9 Å². The molecule has 198 valence electrons. The first kappa shape index (κ1) is 29.4. The van der Waals surface area contributed by atoms with Gasteiger partial charge in [0.15, 0.2) is 5.78 Å². The fraction of sp³-hybridized carbons (Fsp3) is 0.346. The molecule has 0 aliphatic rings. The van der Waals surface area contributed by atoms with Crippen molar-refractivity contribution in [2.45, 2.75) is 32.1 Å². The Bertz CT molecular complexity index is 1140. The molecule has 2 rings (SSSR count). The number of rotatable bonds is 14. The molecule has 1 atom stereocenters. The summed E-state index contributed by atoms with van der Waals surface area (Å²) >= 11 is 1.24. The maximum absolute atomic E-state index is 13.0. The van der Waals surface area contributed by atoms with Crippen LogP contribution in [0.15, 0.2) is 54.4 Å². The highest BCUT2D eigenvalue weighted by Crippen LogP contribution is 2.24. The van der Waals surface area contributed by atoms with E-state index in [1.165, 1.54) is 26.0 Å². The second kappa shape index (κ2) is 14.6. The van der Waals surface area contributed by atoms with E-state index in [9.17, 15) is 24.3 Å². The van der Waals surface area contributed by atoms with Crippen LogP contribution in [-0.2, 0) is 31.4 Å². The normalized spacial score (nSPS) is 12.0. The van der Waals surface area contributed by atoms with Crippen molar-refractivity contribution < 1.29 is 33.8 Å². The number of ketones is 1. The molecule has 1 aromatic carbocycles. The van der Waals surface area contributed by atoms with E-state index in [0.29, 0.717) is 28.9 Å². The second-order valence-electron chi connectivity index (χ2n) is 8.27. The zero-order chi connectivity index (χ0) is 27.4. The number of thioether (sulfide) groups is 1. The molecule has 11 heteroatoms. The molecule has 1 heterocycles. The van der Waals surface area contributed by atoms with E-state index in [1.807, 2.05) is 12.1 Å². The van der Waals surface area contributed by atoms with Gasteiger partial charge in [-0.3, -0.25) is 19.4 Å². The van der Waals surface area contributed by atoms with Gasteiger partial charge in [0.1, 0.15) is 17.5 Å². The topological polar surface area (TPSA) is 144 Å². The third-order valence-electron chi connectivity index (χ3n) is 5.14. The van der Waals surface area contributed by atoms with Crippen molar-refractivity contribution in [1.29, 1.82) is 0 Å². The average Bonchev–Trinajstić information content (AvgIpc) is 2.86. The van der Waals surface area contributed by atoms with Crippen LogP contribution in [0.3, 0.4) is 0 Å². The zero-order valence-corrected chi connectivity index (χ0v) is 22.0. The number of amides is 2. The molecule has 37 heavy (non-hydrogen) atoms. The quantitative estimate of drug-likeness (QED) is 0.314. The van der Waals surface area contributed by atoms with E-state index in [4.69, 9.17) is 9.47 Å². The first-order chi connectivity index (χ1) is 17.6. The number of Topliss-reactive ketones (excluding diaryl/α,β-unsaturated/α-hetero) is 1. The predicted molar refractivity (Wildman–Crippen MR) is 139 cm³/mol. The fourth-order valence-corrected chi connectivity index (χ4v) is 4.11. The van der Waals surface area contributed by atoms with Crippen LogP contribution in [0.25, 0.3) is 0 Å². The Morgan fingerprint density at radius 2 is 1.86 bits per heavy atom. The van der Waals surface area contributed by atoms with Gasteiger partial charge in [-0.2, -0.15) is 0 Å². The maximum Gasteiger partial charge on any atom is 0.330 e. The standard InChI is InChI=1S/C26H31N3O7S/c1-16(2)25(29-23(31)12-17-11-19(35-3)8-9-22(17)36-4)26(34)28-20(13-24(32)33)21(30)15-37-14-18-7-5-6-10-27-18/h5-11,13,16,25H,12,14-15H2,1-4H3,(H,28,34)(H,29,31)(H,32,33)/t25-/m0/s1. The summed E-state index contributed by atoms with van der Waals surface area (Å²) in [4.78, 5) is 54.0. The first-order valence-electron chi connectivity index (χ1n) is 11.4. The summed E-state index contributed by atoms with van der Waals surface area (Å²) in [5, 5.41) is 14.3. The van der Waals surface area contributed by atoms with Crippen LogP contribution in [0.5, 0.6) is 11.5 Å². The Balaban J connectivity index is 2.07. The van der Waals surface area contributed by atoms with Crippen LogP contribution in [0.1, 0.15) is 25.1 Å². The lowest BCUT2D eigenvalue weighted by Gasteiger charge is -2.22. The molecule has 0 aliphatic heterocycles. The molecular weight excluding hydrogens is 498 g/mol. The monoisotopic (exact) mass is 529 g/mol. The minimum atomic E-state index is -1.38. The van der Waals surface area contributed by atoms with Crippen LogP contribution >= 0.6 is 11.8 Å². The van der Waals surface area contributed by atoms with Gasteiger partial charge in [0, 0.05) is 17.5 Å². The number of hydrogen-bond acceptors (Lipinski definition) is 8. The second-order valence-corrected chi connectivity index (χ2v) is 9.25. The Hall–Kier alpha value is -3.86. The van der Waals surface area contributed by atoms with Crippen molar-refractivity contribution in [3.63, 3.8) is 0 Å². The Morgan fingerprint density at radius 1 is 1.11 bits per heavy atom. The minimum Gasteiger partial charge on any atom is -0.497 e. The van der Waals surface area contributed by atoms with Gasteiger partial charge in [-0.05, 0) is 36.2 Å². The number of carboxylic acid groups (broad SMARTS) is 1. The van der Waals surface area contributed by atoms with E-state index >= 15 is 0 Å². The molecule has 2 aromatic rings. The van der Waals surface area contributed by atoms with Gasteiger partial charge in [0.2, 0.25) is 11.8 Å². The lowest BCUT2D eigenvalue weighted by Crippen LogP contribution is -2.50. The van der Waals surface area contributed by atoms with Gasteiger partial charge in [-0.25, -0.2) is 4.79 Å². The molecule has 0 spiro atoms. The van der Waals surface area contributed by atoms with Crippen LogP contribution in [-0.4, -0.2) is 59.7 Å². The minimum absolute atomic E-state index is 0.0652. The summed E-state index contributed by atoms with van der Waals surface area (Å²) in [5.41, 5.74) is 0.970. The van der Waals surface area contributed by atoms with Gasteiger partial charge < -0.3 is 25.2 Å². The maximum atomic E-state index is 13.0. The number of carbonyl (C=O) groups is 4. The van der Waals surface area contributed by atoms with Gasteiger partial charge >= 0.3 is 5.97 Å². The van der Waals surface area contributed by atoms with Crippen molar-refractivity contribution >= 4 is 35.3 Å². The number of aromatic nitrogens is 1. The summed E-state index contributed by atoms with van der Waals surface area (Å²) in [6.07, 6.45) is 2.21. The number of nitrogens with zero attached hydrogens (tertiary/aromatic N) is 1. The molecule has 0 saturated heterocycles. The first-order valence-corrected chi connectivity index (χ1v) is 12.6. The highest BCUT2D eigenvalue weighted by Gasteiger charge is 2.27. The van der Waals surface area contributed by atoms with Crippen molar-refractivity contribution in [2.75, 3.05) is 20.0 Å². The van der Waals surface area contributed by atoms with Crippen LogP contribution in [0.4, 0.5) is 0 Å². The largest absolute Gasteiger partial charge is 0.497 e. The third kappa shape index (κ3) is 9.60. The fourth-order valence-electron chi connectivity index (χ4n) is 3.28. The smallest absolute Gasteiger partial charge is 0.330 e. The lowest BCUT2D eigenvalue weighted by molar-refractivity contribution is -0.132. The summed E-state index contributed by atoms with van der Waals surface area (Å²) in [7, 11) is 2.99. The SMILES string of the molecule is COc1ccc(OC)c(CC(=O)N[C@H](C(=O)NC(=CC(=O)O)C(=O)CSCc2ccccn2)C(C)C)c1. The van der Waals surface area contributed by atoms with E-state index in [2.05, 4.69) is 15.6 Å². The number of ether oxygens (including phenoxy) is 2. The summed E-state index contributed by atoms with van der Waals surface area (Å²) in [6.45, 7) is 3.45. The Kier molecular flexibility index (Phi) is 11.6. The summed E-state index contributed by atoms with van der Waals surface area (Å²) in [5.74, 6) is -2.04. The van der Waals surface area contributed by atoms with E-state index in [-0.39, 0.29) is 23.8 Å². The number of aliphatic carboxylic acids is 1. The Labute approximate surface area is 219 Å². The van der Waals surface area contributed by atoms with E-state index in [1.54, 1.807) is 44.3 Å². The highest BCUT2D eigenvalue weighted by atomic mass is 32.2. The van der Waals surface area contributed by atoms with Crippen molar-refractivity contribution in [2.24, 2.45) is 5.92 Å². The molecule has 0 bridgehead atoms. The highest BCUT2D eigenvalue weighted by molar-refractivity contribution is 7.99. The molecule has 10 nitrogen and oxygen atoms in total. The van der Waals surface area contributed by atoms with E-state index < -0.39 is 29.6 Å². The number of methoxy groups -OCH3 is 2. The number of hydrogen-bond donors (Lipinski definition) is 3. The number of carboxylic acids is 1. The van der Waals surface area contributed by atoms with Crippen LogP contribution in [0, 0.1) is 5.92 Å². The van der Waals surface area contributed by atoms with Gasteiger partial charge in [-0.1, -0.05) is 19.9 Å². The van der Waals surface area contributed by atoms with Gasteiger partial charge in [0.25, 0.3) is 0 Å². The molecule has 0 saturated carbocycles. The summed E-state index contributed by atoms with van der Waals surface area (Å²) in [6, 6.07) is 9.43. The molecule has 0 aliphatic carbocycles. The van der Waals surface area contributed by atoms with Crippen molar-refractivity contribution in [3.8, 4) is 11.5 Å². The number of pyridine rings is 1. The van der Waals surface area contributed by atoms with Crippen LogP contribution < -0.4 is 20.1 Å². The molecule has 0 radical (unpaired) electrons. The predicted octanol–water partition coefficient (Wildman–Crippen LogP) is 2.37. The van der Waals surface area contributed by atoms with Gasteiger partial charge in [-0.15, -0.1) is 11.8 Å². The Morgan fingerprint density at radius 3 is 2.46 bits per heavy atom. The zero-order valence-electron chi connectivity index (χ0n) is 21.1. The summed E-state index contributed by atoms with van der Waals surface area (Å²) < 4.78 is 10.5. The van der Waals surface area contributed by atoms with Crippen molar-refractivity contribution in [3.05, 3.63) is 65.6 Å². The average molecular weight is 530 g/mol. The van der Waals surface area contributed by atoms with Crippen molar-refractivity contribution in [1.82, 2.24) is 15.6 Å². The molecule has 0 fully saturated rings. The van der Waals surface area contributed by atoms with Crippen LogP contribution in [0.2, 0.25) is 0 Å². The number of benzene rings is 1. The number of allylic oxidation sites excluding steroid dienone is 1. The molecule has 1 aromatic heterocycles. The molecular formula is C26H31N3O7S.